The van der Waals surface area contributed by atoms with Gasteiger partial charge in [-0.2, -0.15) is 0 Å². The van der Waals surface area contributed by atoms with Crippen molar-refractivity contribution in [3.05, 3.63) is 66.2 Å². The van der Waals surface area contributed by atoms with E-state index in [0.717, 1.165) is 0 Å². The van der Waals surface area contributed by atoms with Crippen LogP contribution in [0, 0.1) is 0 Å². The molecule has 2 fully saturated rings. The van der Waals surface area contributed by atoms with Gasteiger partial charge in [0.25, 0.3) is 11.1 Å². The molecule has 0 bridgehead atoms. The summed E-state index contributed by atoms with van der Waals surface area (Å²) in [6.45, 7) is 13.3. The number of aliphatic hydroxyl groups excluding tert-OH is 2. The monoisotopic (exact) mass is 990 g/mol. The van der Waals surface area contributed by atoms with Crippen LogP contribution in [0.15, 0.2) is 43.7 Å². The van der Waals surface area contributed by atoms with Gasteiger partial charge in [-0.15, -0.1) is 0 Å². The van der Waals surface area contributed by atoms with Gasteiger partial charge in [-0.3, -0.25) is 33.5 Å². The lowest BCUT2D eigenvalue weighted by Crippen LogP contribution is -2.39. The smallest absolute Gasteiger partial charge is 0.407 e. The van der Waals surface area contributed by atoms with Crippen LogP contribution in [0.25, 0.3) is 0 Å². The van der Waals surface area contributed by atoms with Gasteiger partial charge in [0, 0.05) is 76.8 Å². The second-order valence-corrected chi connectivity index (χ2v) is 17.2. The van der Waals surface area contributed by atoms with Crippen molar-refractivity contribution in [3.63, 3.8) is 0 Å². The average Bonchev–Trinajstić information content (AvgIpc) is 3.81. The zero-order valence-electron chi connectivity index (χ0n) is 39.9. The number of aromatic nitrogens is 4. The maximum atomic E-state index is 11.9. The topological polar surface area (TPSA) is 375 Å². The molecule has 392 valence electrons. The van der Waals surface area contributed by atoms with Crippen molar-refractivity contribution < 1.29 is 72.4 Å². The molecule has 3 amide bonds. The van der Waals surface area contributed by atoms with Crippen LogP contribution in [-0.4, -0.2) is 173 Å². The Kier molecular flexibility index (Phi) is 26.7. The third-order valence-corrected chi connectivity index (χ3v) is 8.93. The predicted octanol–water partition coefficient (Wildman–Crippen LogP) is -1.59. The van der Waals surface area contributed by atoms with Crippen LogP contribution >= 0.6 is 0 Å². The minimum atomic E-state index is -0.999. The van der Waals surface area contributed by atoms with E-state index < -0.39 is 88.7 Å². The van der Waals surface area contributed by atoms with E-state index in [-0.39, 0.29) is 58.3 Å². The van der Waals surface area contributed by atoms with Crippen molar-refractivity contribution in [2.45, 2.75) is 115 Å². The number of carbonyl (C=O) groups is 4. The maximum absolute atomic E-state index is 11.9. The first-order valence-corrected chi connectivity index (χ1v) is 22.2. The summed E-state index contributed by atoms with van der Waals surface area (Å²) in [5.74, 6) is -1.39. The van der Waals surface area contributed by atoms with Gasteiger partial charge in [0.05, 0.1) is 44.7 Å². The minimum Gasteiger partial charge on any atom is -0.480 e. The number of nitrogens with two attached hydrogens (primary N) is 1. The summed E-state index contributed by atoms with van der Waals surface area (Å²) < 4.78 is 44.2. The summed E-state index contributed by atoms with van der Waals surface area (Å²) in [4.78, 5) is 94.3. The van der Waals surface area contributed by atoms with Gasteiger partial charge >= 0.3 is 29.5 Å². The number of amides is 3. The molecule has 2 saturated heterocycles. The molecule has 27 heteroatoms. The summed E-state index contributed by atoms with van der Waals surface area (Å²) in [6, 6.07) is 2.42. The summed E-state index contributed by atoms with van der Waals surface area (Å²) in [6.07, 6.45) is -0.650. The third-order valence-electron chi connectivity index (χ3n) is 8.93. The molecule has 4 rings (SSSR count). The molecule has 6 atom stereocenters. The fraction of sp³-hybridized carbons (Fsp3) is 0.714. The molecule has 2 aromatic heterocycles. The number of nitrogens with one attached hydrogen (secondary N) is 5. The van der Waals surface area contributed by atoms with Gasteiger partial charge in [0.15, 0.2) is 0 Å². The number of aromatic amines is 2. The number of carboxylic acid groups (broad SMARTS) is 1. The number of carbonyl (C=O) groups excluding carboxylic acids is 3. The minimum absolute atomic E-state index is 0.0408. The fourth-order valence-electron chi connectivity index (χ4n) is 5.86. The zero-order chi connectivity index (χ0) is 51.6. The van der Waals surface area contributed by atoms with Gasteiger partial charge in [-0.1, -0.05) is 0 Å². The highest BCUT2D eigenvalue weighted by Crippen LogP contribution is 2.27. The summed E-state index contributed by atoms with van der Waals surface area (Å²) in [7, 11) is 0. The van der Waals surface area contributed by atoms with E-state index in [4.69, 9.17) is 48.7 Å². The molecule has 0 aromatic carbocycles. The molecule has 2 aliphatic heterocycles. The molecule has 0 radical (unpaired) electrons. The number of rotatable bonds is 23. The quantitative estimate of drug-likeness (QED) is 0.0567. The molecule has 2 aromatic rings. The Hall–Kier alpha value is -5.52. The lowest BCUT2D eigenvalue weighted by molar-refractivity contribution is -0.142. The Morgan fingerprint density at radius 3 is 1.49 bits per heavy atom. The Morgan fingerprint density at radius 1 is 0.667 bits per heavy atom. The third kappa shape index (κ3) is 26.2. The Bertz CT molecular complexity index is 2100. The summed E-state index contributed by atoms with van der Waals surface area (Å²) in [5.41, 5.74) is 2.18. The van der Waals surface area contributed by atoms with Crippen molar-refractivity contribution in [3.8, 4) is 0 Å². The normalized spacial score (nSPS) is 19.8. The summed E-state index contributed by atoms with van der Waals surface area (Å²) >= 11 is 0. The van der Waals surface area contributed by atoms with Gasteiger partial charge in [-0.05, 0) is 54.4 Å². The SMILES string of the molecule is CC(C)(C)OC(=O)NCCCOCCOCC(=O)NC[C@H]1O[C@@H](n2ccc(=O)[nH]c2=O)C[C@@H]1O.CC(C)(C)OC(=O)NCCCOCCOCC(=O)O.NC[C@H]1O[C@@H](n2ccc(=O)[nH]c2=O)C[C@@H]1O. The van der Waals surface area contributed by atoms with Crippen LogP contribution in [0.5, 0.6) is 0 Å². The molecule has 69 heavy (non-hydrogen) atoms. The lowest BCUT2D eigenvalue weighted by Gasteiger charge is -2.19. The standard InChI is InChI=1S/C21H34N4O9.C12H23NO6.C9H13N3O4/c1-21(2,3)34-20(30)22-6-4-8-31-9-10-32-13-17(28)23-12-15-14(26)11-18(33-15)25-7-5-16(27)24-19(25)29;1-12(2,3)19-11(16)13-5-4-6-17-7-8-18-9-10(14)15;10-4-6-5(13)3-8(16-6)12-2-1-7(14)11-9(12)15/h5,7,14-15,18,26H,4,6,8-13H2,1-3H3,(H,22,30)(H,23,28)(H,24,27,29);4-9H2,1-3H3,(H,13,16)(H,14,15);1-2,5-6,8,13H,3-4,10H2,(H,11,14,15)/t14-,15+,18+;;5-,6+,8+/m0.0/s1. The van der Waals surface area contributed by atoms with Crippen molar-refractivity contribution in [1.29, 1.82) is 0 Å². The number of hydrogen-bond donors (Lipinski definition) is 9. The molecular weight excluding hydrogens is 920 g/mol. The number of H-pyrrole nitrogens is 2. The van der Waals surface area contributed by atoms with Gasteiger partial charge in [0.2, 0.25) is 5.91 Å². The highest BCUT2D eigenvalue weighted by atomic mass is 16.6. The van der Waals surface area contributed by atoms with Crippen molar-refractivity contribution in [1.82, 2.24) is 35.1 Å². The van der Waals surface area contributed by atoms with E-state index >= 15 is 0 Å². The molecule has 0 unspecified atom stereocenters. The Morgan fingerprint density at radius 2 is 1.09 bits per heavy atom. The number of aliphatic carboxylic acids is 1. The first-order valence-electron chi connectivity index (χ1n) is 22.2. The van der Waals surface area contributed by atoms with E-state index in [1.807, 2.05) is 0 Å². The number of carboxylic acids is 1. The molecule has 0 aliphatic carbocycles. The molecular formula is C42H70N8O19. The fourth-order valence-corrected chi connectivity index (χ4v) is 5.86. The number of hydrogen-bond acceptors (Lipinski definition) is 19. The first-order chi connectivity index (χ1) is 32.5. The zero-order valence-corrected chi connectivity index (χ0v) is 39.9. The van der Waals surface area contributed by atoms with Crippen LogP contribution in [0.1, 0.15) is 79.7 Å². The van der Waals surface area contributed by atoms with Gasteiger partial charge in [-0.25, -0.2) is 24.0 Å². The van der Waals surface area contributed by atoms with Crippen molar-refractivity contribution in [2.75, 3.05) is 79.0 Å². The second kappa shape index (κ2) is 30.9. The van der Waals surface area contributed by atoms with Gasteiger partial charge < -0.3 is 74.9 Å². The predicted molar refractivity (Wildman–Crippen MR) is 242 cm³/mol. The van der Waals surface area contributed by atoms with Crippen molar-refractivity contribution >= 4 is 24.1 Å². The molecule has 10 N–H and O–H groups in total. The van der Waals surface area contributed by atoms with Crippen LogP contribution < -0.4 is 44.2 Å². The maximum Gasteiger partial charge on any atom is 0.407 e. The largest absolute Gasteiger partial charge is 0.480 e. The number of alkyl carbamates (subject to hydrolysis) is 2. The average molecular weight is 991 g/mol. The van der Waals surface area contributed by atoms with Crippen LogP contribution in [0.4, 0.5) is 9.59 Å². The van der Waals surface area contributed by atoms with E-state index in [2.05, 4.69) is 25.9 Å². The van der Waals surface area contributed by atoms with Gasteiger partial charge in [0.1, 0.15) is 43.0 Å². The number of aliphatic hydroxyl groups is 2. The van der Waals surface area contributed by atoms with Crippen LogP contribution in [0.2, 0.25) is 0 Å². The number of ether oxygens (including phenoxy) is 8. The molecule has 0 spiro atoms. The Balaban J connectivity index is 0.000000392. The Labute approximate surface area is 397 Å². The van der Waals surface area contributed by atoms with E-state index in [0.29, 0.717) is 52.4 Å². The van der Waals surface area contributed by atoms with Crippen molar-refractivity contribution in [2.24, 2.45) is 5.73 Å². The first kappa shape index (κ1) is 59.6. The molecule has 4 heterocycles. The van der Waals surface area contributed by atoms with E-state index in [1.165, 1.54) is 33.7 Å². The molecule has 0 saturated carbocycles. The molecule has 27 nitrogen and oxygen atoms in total. The lowest BCUT2D eigenvalue weighted by atomic mass is 10.2. The van der Waals surface area contributed by atoms with E-state index in [1.54, 1.807) is 41.5 Å². The second-order valence-electron chi connectivity index (χ2n) is 17.2. The van der Waals surface area contributed by atoms with Crippen LogP contribution in [0.3, 0.4) is 0 Å². The molecule has 2 aliphatic rings. The highest BCUT2D eigenvalue weighted by molar-refractivity contribution is 5.77. The number of nitrogens with zero attached hydrogens (tertiary/aromatic N) is 2. The van der Waals surface area contributed by atoms with E-state index in [9.17, 15) is 48.6 Å². The highest BCUT2D eigenvalue weighted by Gasteiger charge is 2.36. The summed E-state index contributed by atoms with van der Waals surface area (Å²) in [5, 5.41) is 35.9. The van der Waals surface area contributed by atoms with Crippen LogP contribution in [-0.2, 0) is 47.5 Å².